The van der Waals surface area contributed by atoms with Crippen LogP contribution in [-0.2, 0) is 33.8 Å². The van der Waals surface area contributed by atoms with Gasteiger partial charge in [0.2, 0.25) is 0 Å². The van der Waals surface area contributed by atoms with Crippen LogP contribution in [0.1, 0.15) is 72.4 Å². The number of nitrogen functional groups attached to an aromatic ring is 1. The van der Waals surface area contributed by atoms with Gasteiger partial charge in [-0.15, -0.1) is 11.3 Å². The quantitative estimate of drug-likeness (QED) is 0.331. The molecule has 11 nitrogen and oxygen atoms in total. The molecule has 3 aliphatic rings. The van der Waals surface area contributed by atoms with E-state index < -0.39 is 16.2 Å². The number of anilines is 1. The van der Waals surface area contributed by atoms with Gasteiger partial charge in [-0.1, -0.05) is 5.16 Å². The van der Waals surface area contributed by atoms with Crippen molar-refractivity contribution in [1.82, 2.24) is 29.8 Å². The van der Waals surface area contributed by atoms with Gasteiger partial charge in [-0.05, 0) is 64.5 Å². The van der Waals surface area contributed by atoms with Crippen molar-refractivity contribution in [2.24, 2.45) is 0 Å². The second-order valence-electron chi connectivity index (χ2n) is 11.8. The van der Waals surface area contributed by atoms with E-state index in [4.69, 9.17) is 30.1 Å². The normalized spacial score (nSPS) is 25.4. The number of ether oxygens (including phenoxy) is 1. The molecule has 220 valence electrons. The summed E-state index contributed by atoms with van der Waals surface area (Å²) in [4.78, 5) is 13.3. The molecule has 2 N–H and O–H groups in total. The number of aryl methyl sites for hydroxylation is 1. The Morgan fingerprint density at radius 2 is 2.10 bits per heavy atom. The lowest BCUT2D eigenvalue weighted by Crippen LogP contribution is -2.40. The number of likely N-dealkylation sites (tertiary alicyclic amines) is 1. The molecular weight excluding hydrogens is 573 g/mol. The predicted molar refractivity (Wildman–Crippen MR) is 160 cm³/mol. The van der Waals surface area contributed by atoms with Gasteiger partial charge in [-0.2, -0.15) is 10.4 Å². The molecule has 0 radical (unpaired) electrons. The van der Waals surface area contributed by atoms with E-state index in [2.05, 4.69) is 30.1 Å². The molecule has 1 saturated heterocycles. The number of likely N-dealkylation sites (N-methyl/N-ethyl adjacent to an activating group) is 1. The third-order valence-corrected chi connectivity index (χ3v) is 11.5. The molecule has 4 aromatic heterocycles. The number of hydrogen-bond acceptors (Lipinski definition) is 11. The Hall–Kier alpha value is -3.18. The maximum atomic E-state index is 13.0. The predicted octanol–water partition coefficient (Wildman–Crippen LogP) is 3.97. The zero-order valence-electron chi connectivity index (χ0n) is 24.2. The van der Waals surface area contributed by atoms with Crippen LogP contribution in [0, 0.1) is 11.3 Å². The topological polar surface area (TPSA) is 149 Å². The lowest BCUT2D eigenvalue weighted by molar-refractivity contribution is 0.0503. The van der Waals surface area contributed by atoms with Gasteiger partial charge < -0.3 is 15.0 Å². The maximum absolute atomic E-state index is 13.0. The Balaban J connectivity index is 1.38. The van der Waals surface area contributed by atoms with E-state index in [0.29, 0.717) is 38.1 Å². The van der Waals surface area contributed by atoms with Crippen LogP contribution >= 0.6 is 11.3 Å². The van der Waals surface area contributed by atoms with Crippen molar-refractivity contribution in [3.63, 3.8) is 0 Å². The molecule has 5 heterocycles. The van der Waals surface area contributed by atoms with Crippen LogP contribution in [0.3, 0.4) is 0 Å². The lowest BCUT2D eigenvalue weighted by Gasteiger charge is -2.39. The molecule has 2 aliphatic carbocycles. The van der Waals surface area contributed by atoms with Gasteiger partial charge in [0.25, 0.3) is 0 Å². The molecule has 0 saturated carbocycles. The molecule has 5 atom stereocenters. The van der Waals surface area contributed by atoms with Gasteiger partial charge in [0, 0.05) is 30.4 Å². The number of thiophene rings is 1. The minimum Gasteiger partial charge on any atom is -0.389 e. The standard InChI is InChI=1S/C29H34N8O3S2/c1-15(23-19(39-3)9-12-36(23)2)37-27-18(14-32-37)28(42(4)38)34-26(33-27)22-16-7-5-10-29(24(16)40-35-22)11-6-8-20-21(29)17(13-30)25(31)41-20/h14-15,19,23H,5-12,31H2,1-4H3/t15-,19-,23+,29-,42?/m0/s1. The molecule has 0 amide bonds. The smallest absolute Gasteiger partial charge is 0.185 e. The summed E-state index contributed by atoms with van der Waals surface area (Å²) in [5, 5.41) is 21.0. The average molecular weight is 607 g/mol. The molecule has 1 fully saturated rings. The van der Waals surface area contributed by atoms with Crippen LogP contribution in [0.15, 0.2) is 15.7 Å². The summed E-state index contributed by atoms with van der Waals surface area (Å²) in [6, 6.07) is 2.43. The number of aromatic nitrogens is 5. The van der Waals surface area contributed by atoms with E-state index in [0.717, 1.165) is 68.4 Å². The van der Waals surface area contributed by atoms with E-state index in [1.54, 1.807) is 19.6 Å². The first-order valence-corrected chi connectivity index (χ1v) is 16.8. The number of hydrogen-bond donors (Lipinski definition) is 1. The zero-order chi connectivity index (χ0) is 29.3. The number of rotatable bonds is 5. The monoisotopic (exact) mass is 606 g/mol. The van der Waals surface area contributed by atoms with Gasteiger partial charge in [0.15, 0.2) is 22.9 Å². The average Bonchev–Trinajstić information content (AvgIpc) is 3.76. The highest BCUT2D eigenvalue weighted by atomic mass is 32.2. The molecule has 1 spiro atoms. The molecule has 42 heavy (non-hydrogen) atoms. The summed E-state index contributed by atoms with van der Waals surface area (Å²) >= 11 is 1.52. The number of nitrogens with zero attached hydrogens (tertiary/aromatic N) is 7. The minimum atomic E-state index is -1.38. The Morgan fingerprint density at radius 3 is 2.83 bits per heavy atom. The fraction of sp³-hybridized carbons (Fsp3) is 0.552. The fourth-order valence-corrected chi connectivity index (χ4v) is 9.58. The van der Waals surface area contributed by atoms with Crippen LogP contribution in [0.2, 0.25) is 0 Å². The lowest BCUT2D eigenvalue weighted by atomic mass is 9.63. The van der Waals surface area contributed by atoms with Crippen LogP contribution in [-0.4, -0.2) is 73.1 Å². The van der Waals surface area contributed by atoms with Crippen molar-refractivity contribution >= 4 is 38.2 Å². The first-order valence-electron chi connectivity index (χ1n) is 14.4. The summed E-state index contributed by atoms with van der Waals surface area (Å²) in [7, 11) is 2.47. The molecule has 13 heteroatoms. The van der Waals surface area contributed by atoms with Gasteiger partial charge in [-0.3, -0.25) is 9.11 Å². The molecule has 7 rings (SSSR count). The summed E-state index contributed by atoms with van der Waals surface area (Å²) in [6.07, 6.45) is 9.68. The third-order valence-electron chi connectivity index (χ3n) is 9.60. The zero-order valence-corrected chi connectivity index (χ0v) is 25.8. The number of fused-ring (bicyclic) bond motifs is 5. The van der Waals surface area contributed by atoms with Crippen molar-refractivity contribution in [3.8, 4) is 17.6 Å². The molecular formula is C29H34N8O3S2. The number of nitriles is 1. The SMILES string of the molecule is CO[C@H]1CCN(C)[C@@H]1[C@H](C)n1ncc2c(S(C)=O)nc(-c3noc4c3CCC[C@@]43CCCc4sc(N)c(C#N)c43)nc21. The van der Waals surface area contributed by atoms with E-state index in [1.807, 2.05) is 4.68 Å². The molecule has 0 bridgehead atoms. The Labute approximate surface area is 250 Å². The summed E-state index contributed by atoms with van der Waals surface area (Å²) in [5.41, 5.74) is 9.62. The van der Waals surface area contributed by atoms with Crippen molar-refractivity contribution in [2.45, 2.75) is 80.5 Å². The first-order chi connectivity index (χ1) is 20.3. The van der Waals surface area contributed by atoms with Crippen LogP contribution in [0.25, 0.3) is 22.6 Å². The number of methoxy groups -OCH3 is 1. The largest absolute Gasteiger partial charge is 0.389 e. The van der Waals surface area contributed by atoms with Gasteiger partial charge in [-0.25, -0.2) is 14.6 Å². The van der Waals surface area contributed by atoms with E-state index in [1.165, 1.54) is 16.2 Å². The second-order valence-corrected chi connectivity index (χ2v) is 14.2. The molecule has 1 unspecified atom stereocenters. The molecule has 0 aromatic carbocycles. The van der Waals surface area contributed by atoms with Crippen LogP contribution in [0.5, 0.6) is 0 Å². The Morgan fingerprint density at radius 1 is 1.31 bits per heavy atom. The van der Waals surface area contributed by atoms with Crippen molar-refractivity contribution in [2.75, 3.05) is 32.7 Å². The molecule has 1 aliphatic heterocycles. The van der Waals surface area contributed by atoms with Gasteiger partial charge in [0.05, 0.1) is 51.5 Å². The van der Waals surface area contributed by atoms with Crippen LogP contribution in [0.4, 0.5) is 5.00 Å². The van der Waals surface area contributed by atoms with Crippen LogP contribution < -0.4 is 5.73 Å². The van der Waals surface area contributed by atoms with Gasteiger partial charge >= 0.3 is 0 Å². The third kappa shape index (κ3) is 3.92. The van der Waals surface area contributed by atoms with E-state index in [9.17, 15) is 9.47 Å². The van der Waals surface area contributed by atoms with Crippen molar-refractivity contribution in [1.29, 1.82) is 5.26 Å². The fourth-order valence-electron chi connectivity index (χ4n) is 7.76. The summed E-state index contributed by atoms with van der Waals surface area (Å²) in [6.45, 7) is 3.06. The minimum absolute atomic E-state index is 0.0514. The van der Waals surface area contributed by atoms with E-state index in [-0.39, 0.29) is 18.2 Å². The van der Waals surface area contributed by atoms with Crippen molar-refractivity contribution in [3.05, 3.63) is 33.5 Å². The van der Waals surface area contributed by atoms with Crippen molar-refractivity contribution < 1.29 is 13.5 Å². The van der Waals surface area contributed by atoms with E-state index >= 15 is 0 Å². The second kappa shape index (κ2) is 10.2. The number of nitrogens with two attached hydrogens (primary N) is 1. The Kier molecular flexibility index (Phi) is 6.73. The first kappa shape index (κ1) is 27.6. The summed E-state index contributed by atoms with van der Waals surface area (Å²) in [5.74, 6) is 1.17. The highest BCUT2D eigenvalue weighted by Crippen LogP contribution is 2.55. The molecule has 4 aromatic rings. The van der Waals surface area contributed by atoms with Gasteiger partial charge in [0.1, 0.15) is 16.1 Å². The maximum Gasteiger partial charge on any atom is 0.185 e. The Bertz CT molecular complexity index is 1770. The summed E-state index contributed by atoms with van der Waals surface area (Å²) < 4.78 is 26.9. The highest BCUT2D eigenvalue weighted by molar-refractivity contribution is 7.84. The highest BCUT2D eigenvalue weighted by Gasteiger charge is 2.49.